The number of rotatable bonds is 7. The summed E-state index contributed by atoms with van der Waals surface area (Å²) in [6.07, 6.45) is 4.33. The molecular formula is C15H19N3O2S. The van der Waals surface area contributed by atoms with E-state index in [1.165, 1.54) is 0 Å². The molecule has 0 spiro atoms. The standard InChI is InChI=1S/C15H19N3O2S/c1-2-17-9-10-18(15(17)19)8-5-11-20-13-7-4-3-6-12(13)14(16)21/h3-4,6-7,9-10H,2,5,8,11H2,1H3,(H2,16,21). The van der Waals surface area contributed by atoms with Crippen LogP contribution in [0.2, 0.25) is 0 Å². The largest absolute Gasteiger partial charge is 0.493 e. The molecule has 0 unspecified atom stereocenters. The number of benzene rings is 1. The molecule has 2 N–H and O–H groups in total. The van der Waals surface area contributed by atoms with E-state index in [4.69, 9.17) is 22.7 Å². The van der Waals surface area contributed by atoms with Gasteiger partial charge in [0.15, 0.2) is 0 Å². The molecule has 112 valence electrons. The Morgan fingerprint density at radius 1 is 1.29 bits per heavy atom. The number of ether oxygens (including phenoxy) is 1. The minimum atomic E-state index is 0.0148. The number of aromatic nitrogens is 2. The molecule has 0 aliphatic rings. The van der Waals surface area contributed by atoms with Gasteiger partial charge in [0, 0.05) is 25.5 Å². The second-order valence-corrected chi connectivity index (χ2v) is 5.06. The molecule has 1 aromatic carbocycles. The summed E-state index contributed by atoms with van der Waals surface area (Å²) < 4.78 is 9.06. The summed E-state index contributed by atoms with van der Waals surface area (Å²) in [7, 11) is 0. The Labute approximate surface area is 129 Å². The highest BCUT2D eigenvalue weighted by Gasteiger charge is 2.05. The molecular weight excluding hydrogens is 286 g/mol. The van der Waals surface area contributed by atoms with Crippen LogP contribution in [0.25, 0.3) is 0 Å². The lowest BCUT2D eigenvalue weighted by Gasteiger charge is -2.10. The Morgan fingerprint density at radius 3 is 2.67 bits per heavy atom. The summed E-state index contributed by atoms with van der Waals surface area (Å²) in [6, 6.07) is 7.43. The van der Waals surface area contributed by atoms with Gasteiger partial charge in [0.05, 0.1) is 12.2 Å². The molecule has 0 saturated carbocycles. The highest BCUT2D eigenvalue weighted by Crippen LogP contribution is 2.17. The van der Waals surface area contributed by atoms with Gasteiger partial charge in [-0.2, -0.15) is 0 Å². The van der Waals surface area contributed by atoms with E-state index in [0.717, 1.165) is 12.0 Å². The van der Waals surface area contributed by atoms with Crippen LogP contribution in [0, 0.1) is 0 Å². The van der Waals surface area contributed by atoms with Crippen molar-refractivity contribution in [2.45, 2.75) is 26.4 Å². The fraction of sp³-hybridized carbons (Fsp3) is 0.333. The zero-order valence-corrected chi connectivity index (χ0v) is 12.8. The van der Waals surface area contributed by atoms with Gasteiger partial charge in [-0.05, 0) is 25.5 Å². The number of hydrogen-bond donors (Lipinski definition) is 1. The molecule has 0 saturated heterocycles. The number of nitrogens with zero attached hydrogens (tertiary/aromatic N) is 2. The summed E-state index contributed by atoms with van der Waals surface area (Å²) in [5.41, 5.74) is 6.40. The SMILES string of the molecule is CCn1ccn(CCCOc2ccccc2C(N)=S)c1=O. The Balaban J connectivity index is 1.89. The van der Waals surface area contributed by atoms with Gasteiger partial charge in [-0.3, -0.25) is 9.13 Å². The fourth-order valence-corrected chi connectivity index (χ4v) is 2.25. The summed E-state index contributed by atoms with van der Waals surface area (Å²) in [4.78, 5) is 12.2. The molecule has 1 aromatic heterocycles. The summed E-state index contributed by atoms with van der Waals surface area (Å²) >= 11 is 4.99. The van der Waals surface area contributed by atoms with E-state index in [1.807, 2.05) is 31.2 Å². The number of imidazole rings is 1. The molecule has 0 bridgehead atoms. The van der Waals surface area contributed by atoms with Crippen molar-refractivity contribution in [3.8, 4) is 5.75 Å². The van der Waals surface area contributed by atoms with Gasteiger partial charge in [-0.25, -0.2) is 4.79 Å². The van der Waals surface area contributed by atoms with E-state index in [-0.39, 0.29) is 5.69 Å². The van der Waals surface area contributed by atoms with Crippen LogP contribution >= 0.6 is 12.2 Å². The second-order valence-electron chi connectivity index (χ2n) is 4.62. The van der Waals surface area contributed by atoms with Crippen LogP contribution in [0.15, 0.2) is 41.5 Å². The topological polar surface area (TPSA) is 62.2 Å². The average Bonchev–Trinajstić information content (AvgIpc) is 2.84. The van der Waals surface area contributed by atoms with Crippen LogP contribution < -0.4 is 16.2 Å². The first-order valence-electron chi connectivity index (χ1n) is 6.90. The van der Waals surface area contributed by atoms with Crippen LogP contribution in [-0.4, -0.2) is 20.7 Å². The minimum Gasteiger partial charge on any atom is -0.493 e. The van der Waals surface area contributed by atoms with Gasteiger partial charge in [-0.15, -0.1) is 0 Å². The Hall–Kier alpha value is -2.08. The zero-order valence-electron chi connectivity index (χ0n) is 12.0. The second kappa shape index (κ2) is 7.08. The maximum atomic E-state index is 11.9. The van der Waals surface area contributed by atoms with Crippen molar-refractivity contribution in [1.82, 2.24) is 9.13 Å². The van der Waals surface area contributed by atoms with Gasteiger partial charge < -0.3 is 10.5 Å². The Bertz CT molecular complexity index is 676. The lowest BCUT2D eigenvalue weighted by molar-refractivity contribution is 0.300. The summed E-state index contributed by atoms with van der Waals surface area (Å²) in [5.74, 6) is 0.684. The van der Waals surface area contributed by atoms with Crippen molar-refractivity contribution < 1.29 is 4.74 Å². The molecule has 1 heterocycles. The number of nitrogens with two attached hydrogens (primary N) is 1. The predicted octanol–water partition coefficient (Wildman–Crippen LogP) is 1.77. The average molecular weight is 305 g/mol. The number of thiocarbonyl (C=S) groups is 1. The molecule has 2 aromatic rings. The van der Waals surface area contributed by atoms with Crippen molar-refractivity contribution in [2.24, 2.45) is 5.73 Å². The fourth-order valence-electron chi connectivity index (χ4n) is 2.08. The number of hydrogen-bond acceptors (Lipinski definition) is 3. The van der Waals surface area contributed by atoms with Crippen LogP contribution in [-0.2, 0) is 13.1 Å². The van der Waals surface area contributed by atoms with Gasteiger partial charge in [0.2, 0.25) is 0 Å². The van der Waals surface area contributed by atoms with E-state index in [9.17, 15) is 4.79 Å². The lowest BCUT2D eigenvalue weighted by atomic mass is 10.2. The van der Waals surface area contributed by atoms with Crippen LogP contribution in [0.4, 0.5) is 0 Å². The molecule has 0 aliphatic heterocycles. The molecule has 0 radical (unpaired) electrons. The molecule has 21 heavy (non-hydrogen) atoms. The third kappa shape index (κ3) is 3.72. The molecule has 0 atom stereocenters. The molecule has 2 rings (SSSR count). The normalized spacial score (nSPS) is 10.5. The van der Waals surface area contributed by atoms with Gasteiger partial charge in [0.25, 0.3) is 0 Å². The van der Waals surface area contributed by atoms with E-state index in [1.54, 1.807) is 21.5 Å². The van der Waals surface area contributed by atoms with Crippen molar-refractivity contribution in [1.29, 1.82) is 0 Å². The van der Waals surface area contributed by atoms with Crippen LogP contribution in [0.5, 0.6) is 5.75 Å². The van der Waals surface area contributed by atoms with Gasteiger partial charge >= 0.3 is 5.69 Å². The van der Waals surface area contributed by atoms with Crippen molar-refractivity contribution >= 4 is 17.2 Å². The van der Waals surface area contributed by atoms with Crippen LogP contribution in [0.1, 0.15) is 18.9 Å². The first-order valence-corrected chi connectivity index (χ1v) is 7.31. The third-order valence-corrected chi connectivity index (χ3v) is 3.43. The third-order valence-electron chi connectivity index (χ3n) is 3.21. The molecule has 5 nitrogen and oxygen atoms in total. The maximum Gasteiger partial charge on any atom is 0.328 e. The molecule has 6 heteroatoms. The van der Waals surface area contributed by atoms with E-state index in [0.29, 0.717) is 30.4 Å². The van der Waals surface area contributed by atoms with Gasteiger partial charge in [0.1, 0.15) is 10.7 Å². The van der Waals surface area contributed by atoms with E-state index < -0.39 is 0 Å². The minimum absolute atomic E-state index is 0.0148. The number of para-hydroxylation sites is 1. The Morgan fingerprint density at radius 2 is 2.00 bits per heavy atom. The Kier molecular flexibility index (Phi) is 5.16. The van der Waals surface area contributed by atoms with E-state index in [2.05, 4.69) is 0 Å². The summed E-state index contributed by atoms with van der Waals surface area (Å²) in [6.45, 7) is 3.76. The predicted molar refractivity (Wildman–Crippen MR) is 86.8 cm³/mol. The maximum absolute atomic E-state index is 11.9. The quantitative estimate of drug-likeness (QED) is 0.625. The molecule has 0 fully saturated rings. The van der Waals surface area contributed by atoms with Gasteiger partial charge in [-0.1, -0.05) is 24.4 Å². The van der Waals surface area contributed by atoms with Crippen molar-refractivity contribution in [3.05, 3.63) is 52.7 Å². The van der Waals surface area contributed by atoms with Crippen molar-refractivity contribution in [2.75, 3.05) is 6.61 Å². The summed E-state index contributed by atoms with van der Waals surface area (Å²) in [5, 5.41) is 0. The van der Waals surface area contributed by atoms with Crippen molar-refractivity contribution in [3.63, 3.8) is 0 Å². The zero-order chi connectivity index (χ0) is 15.2. The molecule has 0 amide bonds. The lowest BCUT2D eigenvalue weighted by Crippen LogP contribution is -2.24. The molecule has 0 aliphatic carbocycles. The first kappa shape index (κ1) is 15.3. The highest BCUT2D eigenvalue weighted by atomic mass is 32.1. The highest BCUT2D eigenvalue weighted by molar-refractivity contribution is 7.80. The first-order chi connectivity index (χ1) is 10.1. The van der Waals surface area contributed by atoms with E-state index >= 15 is 0 Å². The monoisotopic (exact) mass is 305 g/mol. The number of aryl methyl sites for hydroxylation is 2. The van der Waals surface area contributed by atoms with Crippen LogP contribution in [0.3, 0.4) is 0 Å². The smallest absolute Gasteiger partial charge is 0.328 e.